The third-order valence-electron chi connectivity index (χ3n) is 3.26. The van der Waals surface area contributed by atoms with Crippen molar-refractivity contribution in [2.24, 2.45) is 0 Å². The van der Waals surface area contributed by atoms with Gasteiger partial charge in [-0.3, -0.25) is 4.90 Å². The van der Waals surface area contributed by atoms with Crippen molar-refractivity contribution in [1.82, 2.24) is 15.1 Å². The van der Waals surface area contributed by atoms with E-state index < -0.39 is 0 Å². The van der Waals surface area contributed by atoms with E-state index in [1.165, 1.54) is 0 Å². The Balaban J connectivity index is 1.75. The first-order valence-electron chi connectivity index (χ1n) is 6.38. The first kappa shape index (κ1) is 12.9. The number of benzene rings is 1. The minimum atomic E-state index is 0.0302. The van der Waals surface area contributed by atoms with Crippen molar-refractivity contribution < 1.29 is 4.79 Å². The first-order chi connectivity index (χ1) is 8.79. The Kier molecular flexibility index (Phi) is 4.59. The molecule has 97 valence electrons. The smallest absolute Gasteiger partial charge is 0.317 e. The Morgan fingerprint density at radius 3 is 2.44 bits per heavy atom. The Morgan fingerprint density at radius 1 is 1.17 bits per heavy atom. The molecule has 4 nitrogen and oxygen atoms in total. The van der Waals surface area contributed by atoms with Crippen molar-refractivity contribution in [2.45, 2.75) is 6.54 Å². The van der Waals surface area contributed by atoms with Crippen LogP contribution in [-0.2, 0) is 6.54 Å². The lowest BCUT2D eigenvalue weighted by Crippen LogP contribution is -2.51. The van der Waals surface area contributed by atoms with E-state index >= 15 is 0 Å². The summed E-state index contributed by atoms with van der Waals surface area (Å²) in [6.45, 7) is 8.69. The second-order valence-corrected chi connectivity index (χ2v) is 4.47. The number of carbonyl (C=O) groups excluding carboxylic acids is 1. The second-order valence-electron chi connectivity index (χ2n) is 4.47. The summed E-state index contributed by atoms with van der Waals surface area (Å²) in [4.78, 5) is 16.1. The number of nitrogens with one attached hydrogen (secondary N) is 1. The van der Waals surface area contributed by atoms with Gasteiger partial charge in [0.2, 0.25) is 0 Å². The lowest BCUT2D eigenvalue weighted by Gasteiger charge is -2.33. The third kappa shape index (κ3) is 3.47. The second kappa shape index (κ2) is 6.40. The molecule has 1 aliphatic rings. The van der Waals surface area contributed by atoms with Gasteiger partial charge in [-0.2, -0.15) is 0 Å². The zero-order valence-corrected chi connectivity index (χ0v) is 10.6. The van der Waals surface area contributed by atoms with Crippen molar-refractivity contribution in [2.75, 3.05) is 32.7 Å². The monoisotopic (exact) mass is 246 g/mol. The highest BCUT2D eigenvalue weighted by Crippen LogP contribution is 2.02. The van der Waals surface area contributed by atoms with Gasteiger partial charge in [0, 0.05) is 32.7 Å². The van der Waals surface area contributed by atoms with Gasteiger partial charge in [0.25, 0.3) is 0 Å². The van der Waals surface area contributed by atoms with Crippen LogP contribution in [0.3, 0.4) is 0 Å². The number of carbonyl (C=O) groups is 1. The van der Waals surface area contributed by atoms with Crippen LogP contribution in [0, 0.1) is 6.92 Å². The standard InChI is InChI=1S/C14H20N3O/c1-2-16-8-10-17(11-9-16)14(18)15-12-13-6-4-3-5-7-13/h3-7H,1-2,8-12H2,(H,15,18). The van der Waals surface area contributed by atoms with Gasteiger partial charge in [-0.15, -0.1) is 0 Å². The third-order valence-corrected chi connectivity index (χ3v) is 3.26. The average Bonchev–Trinajstić information content (AvgIpc) is 2.46. The molecule has 0 atom stereocenters. The lowest BCUT2D eigenvalue weighted by molar-refractivity contribution is 0.146. The summed E-state index contributed by atoms with van der Waals surface area (Å²) in [5.74, 6) is 0. The van der Waals surface area contributed by atoms with Gasteiger partial charge in [0.15, 0.2) is 0 Å². The van der Waals surface area contributed by atoms with Crippen molar-refractivity contribution >= 4 is 6.03 Å². The molecular formula is C14H20N3O. The van der Waals surface area contributed by atoms with E-state index in [0.717, 1.165) is 38.3 Å². The molecule has 1 N–H and O–H groups in total. The maximum atomic E-state index is 11.9. The number of nitrogens with zero attached hydrogens (tertiary/aromatic N) is 2. The number of hydrogen-bond donors (Lipinski definition) is 1. The molecule has 4 heteroatoms. The predicted octanol–water partition coefficient (Wildman–Crippen LogP) is 1.35. The molecule has 2 amide bonds. The van der Waals surface area contributed by atoms with E-state index in [1.54, 1.807) is 0 Å². The molecule has 1 radical (unpaired) electrons. The molecule has 1 aromatic carbocycles. The molecule has 2 rings (SSSR count). The molecule has 1 fully saturated rings. The van der Waals surface area contributed by atoms with Crippen molar-refractivity contribution in [3.05, 3.63) is 42.8 Å². The number of hydrogen-bond acceptors (Lipinski definition) is 2. The summed E-state index contributed by atoms with van der Waals surface area (Å²) in [6.07, 6.45) is 0. The van der Waals surface area contributed by atoms with E-state index in [2.05, 4.69) is 17.1 Å². The van der Waals surface area contributed by atoms with E-state index in [4.69, 9.17) is 0 Å². The minimum Gasteiger partial charge on any atom is -0.334 e. The SMILES string of the molecule is [CH2]CN1CCN(C(=O)NCc2ccccc2)CC1. The summed E-state index contributed by atoms with van der Waals surface area (Å²) in [7, 11) is 0. The van der Waals surface area contributed by atoms with E-state index in [9.17, 15) is 4.79 Å². The van der Waals surface area contributed by atoms with Crippen LogP contribution in [0.5, 0.6) is 0 Å². The maximum absolute atomic E-state index is 11.9. The fourth-order valence-electron chi connectivity index (χ4n) is 2.06. The van der Waals surface area contributed by atoms with Gasteiger partial charge in [0.05, 0.1) is 0 Å². The van der Waals surface area contributed by atoms with Crippen molar-refractivity contribution in [3.8, 4) is 0 Å². The molecule has 1 aliphatic heterocycles. The van der Waals surface area contributed by atoms with Crippen LogP contribution in [0.15, 0.2) is 30.3 Å². The molecule has 0 saturated carbocycles. The Bertz CT molecular complexity index is 372. The van der Waals surface area contributed by atoms with Gasteiger partial charge in [-0.05, 0) is 19.0 Å². The van der Waals surface area contributed by atoms with Crippen molar-refractivity contribution in [3.63, 3.8) is 0 Å². The zero-order valence-electron chi connectivity index (χ0n) is 10.6. The fraction of sp³-hybridized carbons (Fsp3) is 0.429. The molecule has 1 heterocycles. The fourth-order valence-corrected chi connectivity index (χ4v) is 2.06. The van der Waals surface area contributed by atoms with Gasteiger partial charge in [-0.1, -0.05) is 30.3 Å². The van der Waals surface area contributed by atoms with Crippen LogP contribution in [-0.4, -0.2) is 48.6 Å². The van der Waals surface area contributed by atoms with Crippen LogP contribution in [0.2, 0.25) is 0 Å². The highest BCUT2D eigenvalue weighted by molar-refractivity contribution is 5.74. The summed E-state index contributed by atoms with van der Waals surface area (Å²) in [5, 5.41) is 2.95. The molecule has 1 aromatic rings. The Morgan fingerprint density at radius 2 is 1.83 bits per heavy atom. The van der Waals surface area contributed by atoms with Gasteiger partial charge < -0.3 is 10.2 Å². The molecule has 0 unspecified atom stereocenters. The highest BCUT2D eigenvalue weighted by Gasteiger charge is 2.19. The molecule has 0 bridgehead atoms. The van der Waals surface area contributed by atoms with E-state index in [-0.39, 0.29) is 6.03 Å². The average molecular weight is 246 g/mol. The number of rotatable bonds is 3. The molecule has 0 aromatic heterocycles. The summed E-state index contributed by atoms with van der Waals surface area (Å²) in [5.41, 5.74) is 1.13. The van der Waals surface area contributed by atoms with Crippen LogP contribution in [0.4, 0.5) is 4.79 Å². The Hall–Kier alpha value is -1.55. The summed E-state index contributed by atoms with van der Waals surface area (Å²) < 4.78 is 0. The molecule has 18 heavy (non-hydrogen) atoms. The van der Waals surface area contributed by atoms with Gasteiger partial charge in [-0.25, -0.2) is 4.79 Å². The Labute approximate surface area is 109 Å². The minimum absolute atomic E-state index is 0.0302. The van der Waals surface area contributed by atoms with Gasteiger partial charge >= 0.3 is 6.03 Å². The van der Waals surface area contributed by atoms with Crippen LogP contribution in [0.1, 0.15) is 5.56 Å². The zero-order chi connectivity index (χ0) is 12.8. The molecule has 0 aliphatic carbocycles. The van der Waals surface area contributed by atoms with E-state index in [1.807, 2.05) is 35.2 Å². The quantitative estimate of drug-likeness (QED) is 0.874. The van der Waals surface area contributed by atoms with E-state index in [0.29, 0.717) is 6.54 Å². The van der Waals surface area contributed by atoms with Crippen LogP contribution < -0.4 is 5.32 Å². The van der Waals surface area contributed by atoms with Crippen LogP contribution >= 0.6 is 0 Å². The van der Waals surface area contributed by atoms with Crippen LogP contribution in [0.25, 0.3) is 0 Å². The normalized spacial score (nSPS) is 16.6. The largest absolute Gasteiger partial charge is 0.334 e. The topological polar surface area (TPSA) is 35.6 Å². The lowest BCUT2D eigenvalue weighted by atomic mass is 10.2. The number of amides is 2. The molecule has 1 saturated heterocycles. The van der Waals surface area contributed by atoms with Crippen molar-refractivity contribution in [1.29, 1.82) is 0 Å². The predicted molar refractivity (Wildman–Crippen MR) is 72.0 cm³/mol. The molecular weight excluding hydrogens is 226 g/mol. The highest BCUT2D eigenvalue weighted by atomic mass is 16.2. The van der Waals surface area contributed by atoms with Gasteiger partial charge in [0.1, 0.15) is 0 Å². The summed E-state index contributed by atoms with van der Waals surface area (Å²) in [6, 6.07) is 10.00. The first-order valence-corrected chi connectivity index (χ1v) is 6.38. The number of urea groups is 1. The molecule has 0 spiro atoms. The number of piperazine rings is 1. The summed E-state index contributed by atoms with van der Waals surface area (Å²) >= 11 is 0. The maximum Gasteiger partial charge on any atom is 0.317 e.